The van der Waals surface area contributed by atoms with Crippen molar-refractivity contribution >= 4 is 20.1 Å². The predicted octanol–water partition coefficient (Wildman–Crippen LogP) is 3.88. The van der Waals surface area contributed by atoms with Crippen LogP contribution < -0.4 is 0 Å². The Kier molecular flexibility index (Phi) is 6.56. The summed E-state index contributed by atoms with van der Waals surface area (Å²) in [5.74, 6) is -0.276. The van der Waals surface area contributed by atoms with Gasteiger partial charge in [0.15, 0.2) is 0 Å². The number of likely N-dealkylation sites (tertiary alicyclic amines) is 1. The number of rotatable bonds is 8. The van der Waals surface area contributed by atoms with Crippen LogP contribution >= 0.6 is 0 Å². The fourth-order valence-electron chi connectivity index (χ4n) is 3.85. The van der Waals surface area contributed by atoms with E-state index in [9.17, 15) is 9.59 Å². The largest absolute Gasteiger partial charge is 0.404 e. The van der Waals surface area contributed by atoms with Crippen LogP contribution in [0.4, 0.5) is 0 Å². The predicted molar refractivity (Wildman–Crippen MR) is 92.1 cm³/mol. The SMILES string of the molecule is C=CCCN1C(=O)CC(O[Si](C(C)C)(C(C)C)C(C)C)C1=O. The molecule has 1 fully saturated rings. The van der Waals surface area contributed by atoms with E-state index in [4.69, 9.17) is 4.43 Å². The number of carbonyl (C=O) groups excluding carboxylic acids is 2. The fraction of sp³-hybridized carbons (Fsp3) is 0.765. The summed E-state index contributed by atoms with van der Waals surface area (Å²) in [6.07, 6.45) is 1.96. The highest BCUT2D eigenvalue weighted by atomic mass is 28.4. The van der Waals surface area contributed by atoms with Gasteiger partial charge in [0.2, 0.25) is 14.2 Å². The minimum Gasteiger partial charge on any atom is -0.404 e. The first-order valence-electron chi connectivity index (χ1n) is 8.31. The zero-order valence-corrected chi connectivity index (χ0v) is 15.9. The van der Waals surface area contributed by atoms with Gasteiger partial charge in [-0.15, -0.1) is 6.58 Å². The molecule has 1 heterocycles. The molecule has 0 aromatic rings. The minimum atomic E-state index is -2.14. The van der Waals surface area contributed by atoms with Crippen LogP contribution in [0, 0.1) is 0 Å². The van der Waals surface area contributed by atoms with Crippen molar-refractivity contribution in [2.45, 2.75) is 77.1 Å². The molecule has 0 bridgehead atoms. The van der Waals surface area contributed by atoms with Crippen molar-refractivity contribution in [3.8, 4) is 0 Å². The maximum Gasteiger partial charge on any atom is 0.257 e. The summed E-state index contributed by atoms with van der Waals surface area (Å²) in [5, 5.41) is 0. The molecule has 0 radical (unpaired) electrons. The van der Waals surface area contributed by atoms with E-state index in [0.717, 1.165) is 0 Å². The molecular formula is C17H31NO3Si. The van der Waals surface area contributed by atoms with E-state index in [1.54, 1.807) is 6.08 Å². The normalized spacial score (nSPS) is 19.9. The lowest BCUT2D eigenvalue weighted by molar-refractivity contribution is -0.140. The van der Waals surface area contributed by atoms with E-state index in [1.165, 1.54) is 4.90 Å². The highest BCUT2D eigenvalue weighted by Gasteiger charge is 2.50. The molecule has 1 aliphatic heterocycles. The molecule has 126 valence electrons. The molecule has 0 aromatic carbocycles. The summed E-state index contributed by atoms with van der Waals surface area (Å²) in [6.45, 7) is 17.2. The van der Waals surface area contributed by atoms with Crippen LogP contribution in [-0.2, 0) is 14.0 Å². The average Bonchev–Trinajstić information content (AvgIpc) is 2.67. The molecule has 4 nitrogen and oxygen atoms in total. The van der Waals surface area contributed by atoms with Gasteiger partial charge in [0.1, 0.15) is 6.10 Å². The van der Waals surface area contributed by atoms with E-state index in [1.807, 2.05) is 0 Å². The first kappa shape index (κ1) is 19.1. The van der Waals surface area contributed by atoms with Crippen molar-refractivity contribution < 1.29 is 14.0 Å². The summed E-state index contributed by atoms with van der Waals surface area (Å²) in [7, 11) is -2.14. The van der Waals surface area contributed by atoms with Crippen LogP contribution in [0.15, 0.2) is 12.7 Å². The Bertz CT molecular complexity index is 410. The van der Waals surface area contributed by atoms with Gasteiger partial charge < -0.3 is 4.43 Å². The molecule has 1 aliphatic rings. The lowest BCUT2D eigenvalue weighted by Gasteiger charge is -2.43. The quantitative estimate of drug-likeness (QED) is 0.386. The first-order chi connectivity index (χ1) is 10.2. The Hall–Kier alpha value is -0.943. The number of nitrogens with zero attached hydrogens (tertiary/aromatic N) is 1. The van der Waals surface area contributed by atoms with Crippen LogP contribution in [0.1, 0.15) is 54.4 Å². The molecule has 0 aliphatic carbocycles. The summed E-state index contributed by atoms with van der Waals surface area (Å²) in [6, 6.07) is 0. The number of amides is 2. The highest BCUT2D eigenvalue weighted by Crippen LogP contribution is 2.44. The Morgan fingerprint density at radius 1 is 1.18 bits per heavy atom. The molecule has 0 saturated carbocycles. The van der Waals surface area contributed by atoms with E-state index < -0.39 is 14.4 Å². The molecule has 1 atom stereocenters. The maximum atomic E-state index is 12.5. The van der Waals surface area contributed by atoms with Crippen molar-refractivity contribution in [2.24, 2.45) is 0 Å². The minimum absolute atomic E-state index is 0.115. The van der Waals surface area contributed by atoms with Gasteiger partial charge in [-0.2, -0.15) is 0 Å². The third-order valence-electron chi connectivity index (χ3n) is 4.81. The molecule has 1 unspecified atom stereocenters. The molecule has 0 N–H and O–H groups in total. The lowest BCUT2D eigenvalue weighted by Crippen LogP contribution is -2.51. The second-order valence-electron chi connectivity index (χ2n) is 7.09. The first-order valence-corrected chi connectivity index (χ1v) is 10.4. The van der Waals surface area contributed by atoms with Crippen molar-refractivity contribution in [3.05, 3.63) is 12.7 Å². The summed E-state index contributed by atoms with van der Waals surface area (Å²) < 4.78 is 6.48. The van der Waals surface area contributed by atoms with Gasteiger partial charge in [-0.1, -0.05) is 47.6 Å². The van der Waals surface area contributed by atoms with E-state index >= 15 is 0 Å². The highest BCUT2D eigenvalue weighted by molar-refractivity contribution is 6.77. The fourth-order valence-corrected chi connectivity index (χ4v) is 9.35. The number of carbonyl (C=O) groups is 2. The van der Waals surface area contributed by atoms with Crippen LogP contribution in [-0.4, -0.2) is 37.7 Å². The molecule has 22 heavy (non-hydrogen) atoms. The third kappa shape index (κ3) is 3.51. The van der Waals surface area contributed by atoms with Gasteiger partial charge in [0.25, 0.3) is 5.91 Å². The monoisotopic (exact) mass is 325 g/mol. The maximum absolute atomic E-state index is 12.5. The van der Waals surface area contributed by atoms with Gasteiger partial charge in [0.05, 0.1) is 6.42 Å². The number of hydrogen-bond donors (Lipinski definition) is 0. The number of imide groups is 1. The van der Waals surface area contributed by atoms with E-state index in [2.05, 4.69) is 48.1 Å². The summed E-state index contributed by atoms with van der Waals surface area (Å²) in [4.78, 5) is 26.0. The van der Waals surface area contributed by atoms with Gasteiger partial charge in [-0.25, -0.2) is 0 Å². The molecule has 5 heteroatoms. The Labute approximate surface area is 136 Å². The van der Waals surface area contributed by atoms with Crippen LogP contribution in [0.2, 0.25) is 16.6 Å². The van der Waals surface area contributed by atoms with Crippen molar-refractivity contribution in [1.82, 2.24) is 4.90 Å². The topological polar surface area (TPSA) is 46.6 Å². The molecule has 2 amide bonds. The lowest BCUT2D eigenvalue weighted by atomic mass is 10.3. The Morgan fingerprint density at radius 2 is 1.68 bits per heavy atom. The zero-order chi connectivity index (χ0) is 17.1. The van der Waals surface area contributed by atoms with Gasteiger partial charge in [-0.3, -0.25) is 14.5 Å². The van der Waals surface area contributed by atoms with Gasteiger partial charge >= 0.3 is 0 Å². The van der Waals surface area contributed by atoms with Gasteiger partial charge in [-0.05, 0) is 23.0 Å². The summed E-state index contributed by atoms with van der Waals surface area (Å²) in [5.41, 5.74) is 1.20. The van der Waals surface area contributed by atoms with Crippen molar-refractivity contribution in [2.75, 3.05) is 6.54 Å². The van der Waals surface area contributed by atoms with Crippen LogP contribution in [0.5, 0.6) is 0 Å². The number of hydrogen-bond acceptors (Lipinski definition) is 3. The smallest absolute Gasteiger partial charge is 0.257 e. The van der Waals surface area contributed by atoms with Crippen molar-refractivity contribution in [3.63, 3.8) is 0 Å². The average molecular weight is 326 g/mol. The summed E-state index contributed by atoms with van der Waals surface area (Å²) >= 11 is 0. The van der Waals surface area contributed by atoms with Gasteiger partial charge in [0, 0.05) is 6.54 Å². The molecule has 0 aromatic heterocycles. The second-order valence-corrected chi connectivity index (χ2v) is 12.5. The second kappa shape index (κ2) is 7.55. The molecule has 1 rings (SSSR count). The molecule has 1 saturated heterocycles. The molecule has 0 spiro atoms. The zero-order valence-electron chi connectivity index (χ0n) is 14.9. The Morgan fingerprint density at radius 3 is 2.09 bits per heavy atom. The Balaban J connectivity index is 2.98. The van der Waals surface area contributed by atoms with Crippen LogP contribution in [0.25, 0.3) is 0 Å². The van der Waals surface area contributed by atoms with Crippen LogP contribution in [0.3, 0.4) is 0 Å². The van der Waals surface area contributed by atoms with E-state index in [-0.39, 0.29) is 18.2 Å². The standard InChI is InChI=1S/C17H31NO3Si/c1-8-9-10-18-16(19)11-15(17(18)20)21-22(12(2)3,13(4)5)14(6)7/h8,12-15H,1,9-11H2,2-7H3. The van der Waals surface area contributed by atoms with Crippen molar-refractivity contribution in [1.29, 1.82) is 0 Å². The molecular weight excluding hydrogens is 294 g/mol. The van der Waals surface area contributed by atoms with E-state index in [0.29, 0.717) is 29.6 Å². The third-order valence-corrected chi connectivity index (χ3v) is 10.9.